The standard InChI is InChI=1S/C9H7ClO3/c10-8-2-6(3-11)1-7-4-12-5-13-9(7)8/h1-3H,4-5H2. The van der Waals surface area contributed by atoms with Crippen molar-refractivity contribution in [3.63, 3.8) is 0 Å². The van der Waals surface area contributed by atoms with E-state index in [2.05, 4.69) is 0 Å². The van der Waals surface area contributed by atoms with Crippen LogP contribution in [0.4, 0.5) is 0 Å². The fourth-order valence-electron chi connectivity index (χ4n) is 1.26. The summed E-state index contributed by atoms with van der Waals surface area (Å²) in [6, 6.07) is 3.30. The Kier molecular flexibility index (Phi) is 2.20. The summed E-state index contributed by atoms with van der Waals surface area (Å²) in [5.74, 6) is 0.624. The molecule has 0 saturated carbocycles. The van der Waals surface area contributed by atoms with Crippen LogP contribution in [0, 0.1) is 0 Å². The molecule has 3 nitrogen and oxygen atoms in total. The van der Waals surface area contributed by atoms with Gasteiger partial charge in [-0.15, -0.1) is 0 Å². The lowest BCUT2D eigenvalue weighted by Crippen LogP contribution is -2.11. The van der Waals surface area contributed by atoms with Gasteiger partial charge in [0.05, 0.1) is 11.6 Å². The molecule has 2 rings (SSSR count). The zero-order valence-electron chi connectivity index (χ0n) is 6.75. The van der Waals surface area contributed by atoms with Gasteiger partial charge in [-0.05, 0) is 12.1 Å². The second-order valence-electron chi connectivity index (χ2n) is 2.72. The first-order chi connectivity index (χ1) is 6.31. The summed E-state index contributed by atoms with van der Waals surface area (Å²) in [7, 11) is 0. The van der Waals surface area contributed by atoms with Gasteiger partial charge in [0, 0.05) is 11.1 Å². The molecule has 1 heterocycles. The maximum Gasteiger partial charge on any atom is 0.189 e. The lowest BCUT2D eigenvalue weighted by atomic mass is 10.1. The second-order valence-corrected chi connectivity index (χ2v) is 3.13. The number of fused-ring (bicyclic) bond motifs is 1. The van der Waals surface area contributed by atoms with Crippen LogP contribution in [0.25, 0.3) is 0 Å². The molecule has 1 aliphatic heterocycles. The van der Waals surface area contributed by atoms with E-state index in [0.29, 0.717) is 22.9 Å². The molecule has 1 aliphatic rings. The molecule has 0 N–H and O–H groups in total. The minimum atomic E-state index is 0.215. The molecule has 0 spiro atoms. The molecule has 1 aromatic carbocycles. The maximum atomic E-state index is 10.5. The molecule has 4 heteroatoms. The average molecular weight is 199 g/mol. The number of ether oxygens (including phenoxy) is 2. The molecule has 0 atom stereocenters. The van der Waals surface area contributed by atoms with E-state index in [4.69, 9.17) is 21.1 Å². The molecule has 0 saturated heterocycles. The fourth-order valence-corrected chi connectivity index (χ4v) is 1.56. The number of aldehydes is 1. The number of rotatable bonds is 1. The van der Waals surface area contributed by atoms with E-state index >= 15 is 0 Å². The smallest absolute Gasteiger partial charge is 0.189 e. The van der Waals surface area contributed by atoms with Crippen LogP contribution in [-0.2, 0) is 11.3 Å². The van der Waals surface area contributed by atoms with Crippen molar-refractivity contribution in [1.29, 1.82) is 0 Å². The van der Waals surface area contributed by atoms with Gasteiger partial charge >= 0.3 is 0 Å². The Labute approximate surface area is 80.2 Å². The lowest BCUT2D eigenvalue weighted by Gasteiger charge is -2.18. The predicted octanol–water partition coefficient (Wildman–Crippen LogP) is 2.02. The summed E-state index contributed by atoms with van der Waals surface area (Å²) < 4.78 is 10.2. The van der Waals surface area contributed by atoms with Crippen LogP contribution in [-0.4, -0.2) is 13.1 Å². The highest BCUT2D eigenvalue weighted by atomic mass is 35.5. The van der Waals surface area contributed by atoms with Gasteiger partial charge in [0.25, 0.3) is 0 Å². The van der Waals surface area contributed by atoms with Gasteiger partial charge in [-0.25, -0.2) is 0 Å². The van der Waals surface area contributed by atoms with Gasteiger partial charge in [0.15, 0.2) is 6.79 Å². The summed E-state index contributed by atoms with van der Waals surface area (Å²) >= 11 is 5.89. The summed E-state index contributed by atoms with van der Waals surface area (Å²) in [5, 5.41) is 0.461. The minimum Gasteiger partial charge on any atom is -0.466 e. The van der Waals surface area contributed by atoms with Gasteiger partial charge in [0.2, 0.25) is 0 Å². The van der Waals surface area contributed by atoms with Crippen molar-refractivity contribution < 1.29 is 14.3 Å². The highest BCUT2D eigenvalue weighted by Gasteiger charge is 2.14. The van der Waals surface area contributed by atoms with Crippen LogP contribution in [0.2, 0.25) is 5.02 Å². The molecule has 0 bridgehead atoms. The highest BCUT2D eigenvalue weighted by molar-refractivity contribution is 6.32. The number of carbonyl (C=O) groups excluding carboxylic acids is 1. The number of hydrogen-bond donors (Lipinski definition) is 0. The fraction of sp³-hybridized carbons (Fsp3) is 0.222. The Morgan fingerprint density at radius 2 is 2.31 bits per heavy atom. The second kappa shape index (κ2) is 3.36. The number of benzene rings is 1. The molecule has 0 aliphatic carbocycles. The number of carbonyl (C=O) groups is 1. The highest BCUT2D eigenvalue weighted by Crippen LogP contribution is 2.32. The summed E-state index contributed by atoms with van der Waals surface area (Å²) in [5.41, 5.74) is 1.36. The third-order valence-corrected chi connectivity index (χ3v) is 2.10. The van der Waals surface area contributed by atoms with Crippen molar-refractivity contribution in [1.82, 2.24) is 0 Å². The van der Waals surface area contributed by atoms with Crippen molar-refractivity contribution in [2.45, 2.75) is 6.61 Å². The molecular formula is C9H7ClO3. The SMILES string of the molecule is O=Cc1cc(Cl)c2c(c1)COCO2. The van der Waals surface area contributed by atoms with E-state index in [-0.39, 0.29) is 6.79 Å². The number of halogens is 1. The Hall–Kier alpha value is -1.06. The van der Waals surface area contributed by atoms with Crippen LogP contribution in [0.3, 0.4) is 0 Å². The van der Waals surface area contributed by atoms with Crippen molar-refractivity contribution in [2.24, 2.45) is 0 Å². The van der Waals surface area contributed by atoms with Crippen LogP contribution in [0.5, 0.6) is 5.75 Å². The topological polar surface area (TPSA) is 35.5 Å². The first-order valence-electron chi connectivity index (χ1n) is 3.79. The Morgan fingerprint density at radius 3 is 3.08 bits per heavy atom. The summed E-state index contributed by atoms with van der Waals surface area (Å²) in [4.78, 5) is 10.5. The summed E-state index contributed by atoms with van der Waals surface area (Å²) in [6.07, 6.45) is 0.751. The van der Waals surface area contributed by atoms with Crippen molar-refractivity contribution >= 4 is 17.9 Å². The van der Waals surface area contributed by atoms with E-state index in [0.717, 1.165) is 11.8 Å². The molecule has 0 amide bonds. The van der Waals surface area contributed by atoms with Crippen LogP contribution >= 0.6 is 11.6 Å². The largest absolute Gasteiger partial charge is 0.466 e. The first-order valence-corrected chi connectivity index (χ1v) is 4.17. The first kappa shape index (κ1) is 8.53. The van der Waals surface area contributed by atoms with Gasteiger partial charge in [0.1, 0.15) is 12.0 Å². The zero-order valence-corrected chi connectivity index (χ0v) is 7.50. The third-order valence-electron chi connectivity index (χ3n) is 1.82. The maximum absolute atomic E-state index is 10.5. The molecule has 1 aromatic rings. The molecule has 0 aromatic heterocycles. The van der Waals surface area contributed by atoms with Gasteiger partial charge in [-0.1, -0.05) is 11.6 Å². The molecule has 13 heavy (non-hydrogen) atoms. The Morgan fingerprint density at radius 1 is 1.46 bits per heavy atom. The monoisotopic (exact) mass is 198 g/mol. The molecule has 68 valence electrons. The number of hydrogen-bond acceptors (Lipinski definition) is 3. The van der Waals surface area contributed by atoms with E-state index < -0.39 is 0 Å². The molecule has 0 radical (unpaired) electrons. The quantitative estimate of drug-likeness (QED) is 0.648. The van der Waals surface area contributed by atoms with Gasteiger partial charge < -0.3 is 9.47 Å². The lowest BCUT2D eigenvalue weighted by molar-refractivity contribution is -0.0163. The van der Waals surface area contributed by atoms with E-state index in [1.807, 2.05) is 0 Å². The van der Waals surface area contributed by atoms with E-state index in [1.165, 1.54) is 0 Å². The Bertz CT molecular complexity index is 349. The van der Waals surface area contributed by atoms with E-state index in [1.54, 1.807) is 12.1 Å². The molecule has 0 fully saturated rings. The van der Waals surface area contributed by atoms with Crippen molar-refractivity contribution in [3.05, 3.63) is 28.3 Å². The van der Waals surface area contributed by atoms with Crippen LogP contribution in [0.15, 0.2) is 12.1 Å². The summed E-state index contributed by atoms with van der Waals surface area (Å²) in [6.45, 7) is 0.657. The Balaban J connectivity index is 2.52. The zero-order chi connectivity index (χ0) is 9.26. The van der Waals surface area contributed by atoms with E-state index in [9.17, 15) is 4.79 Å². The molecule has 0 unspecified atom stereocenters. The normalized spacial score (nSPS) is 14.5. The van der Waals surface area contributed by atoms with Gasteiger partial charge in [-0.3, -0.25) is 4.79 Å². The third kappa shape index (κ3) is 1.53. The predicted molar refractivity (Wildman–Crippen MR) is 47.1 cm³/mol. The molecular weight excluding hydrogens is 192 g/mol. The van der Waals surface area contributed by atoms with Crippen LogP contribution in [0.1, 0.15) is 15.9 Å². The van der Waals surface area contributed by atoms with Crippen LogP contribution < -0.4 is 4.74 Å². The van der Waals surface area contributed by atoms with Gasteiger partial charge in [-0.2, -0.15) is 0 Å². The van der Waals surface area contributed by atoms with Crippen molar-refractivity contribution in [3.8, 4) is 5.75 Å². The van der Waals surface area contributed by atoms with Crippen molar-refractivity contribution in [2.75, 3.05) is 6.79 Å². The average Bonchev–Trinajstić information content (AvgIpc) is 2.18. The minimum absolute atomic E-state index is 0.215.